The number of nitrogens with zero attached hydrogens (tertiary/aromatic N) is 1. The number of carbonyl (C=O) groups is 1. The van der Waals surface area contributed by atoms with Gasteiger partial charge in [-0.2, -0.15) is 0 Å². The predicted molar refractivity (Wildman–Crippen MR) is 106 cm³/mol. The van der Waals surface area contributed by atoms with Crippen LogP contribution >= 0.6 is 0 Å². The number of H-pyrrole nitrogens is 1. The second kappa shape index (κ2) is 7.96. The first kappa shape index (κ1) is 19.2. The molecule has 27 heavy (non-hydrogen) atoms. The number of pyridine rings is 1. The van der Waals surface area contributed by atoms with E-state index in [9.17, 15) is 9.59 Å². The van der Waals surface area contributed by atoms with Crippen molar-refractivity contribution in [1.29, 1.82) is 0 Å². The zero-order valence-corrected chi connectivity index (χ0v) is 16.0. The van der Waals surface area contributed by atoms with Crippen molar-refractivity contribution in [3.63, 3.8) is 0 Å². The van der Waals surface area contributed by atoms with Crippen LogP contribution in [0.4, 0.5) is 5.69 Å². The fraction of sp³-hybridized carbons (Fsp3) is 0.429. The van der Waals surface area contributed by atoms with Crippen LogP contribution in [0.25, 0.3) is 11.3 Å². The van der Waals surface area contributed by atoms with Gasteiger partial charge < -0.3 is 19.7 Å². The Balaban J connectivity index is 1.93. The van der Waals surface area contributed by atoms with Crippen LogP contribution in [-0.4, -0.2) is 41.9 Å². The number of rotatable bonds is 6. The molecule has 2 N–H and O–H groups in total. The quantitative estimate of drug-likeness (QED) is 0.815. The summed E-state index contributed by atoms with van der Waals surface area (Å²) in [6.07, 6.45) is 3.05. The molecule has 2 atom stereocenters. The maximum atomic E-state index is 12.1. The zero-order valence-electron chi connectivity index (χ0n) is 16.0. The number of aromatic amines is 1. The van der Waals surface area contributed by atoms with Gasteiger partial charge in [0.05, 0.1) is 17.8 Å². The highest BCUT2D eigenvalue weighted by molar-refractivity contribution is 5.88. The van der Waals surface area contributed by atoms with Crippen molar-refractivity contribution in [1.82, 2.24) is 4.98 Å². The van der Waals surface area contributed by atoms with Crippen LogP contribution in [0.1, 0.15) is 42.6 Å². The van der Waals surface area contributed by atoms with Crippen LogP contribution in [-0.2, 0) is 11.2 Å². The van der Waals surface area contributed by atoms with Crippen molar-refractivity contribution >= 4 is 11.7 Å². The zero-order chi connectivity index (χ0) is 19.6. The van der Waals surface area contributed by atoms with Crippen LogP contribution < -0.4 is 10.5 Å². The molecule has 1 fully saturated rings. The number of hydrogen-bond donors (Lipinski definition) is 2. The molecule has 1 aliphatic heterocycles. The van der Waals surface area contributed by atoms with Gasteiger partial charge in [-0.1, -0.05) is 19.1 Å². The lowest BCUT2D eigenvalue weighted by Gasteiger charge is -2.30. The van der Waals surface area contributed by atoms with E-state index in [0.717, 1.165) is 36.2 Å². The molecule has 3 rings (SSSR count). The Hall–Kier alpha value is -2.60. The van der Waals surface area contributed by atoms with Crippen LogP contribution in [0, 0.1) is 0 Å². The number of methoxy groups -OCH3 is 1. The van der Waals surface area contributed by atoms with Gasteiger partial charge in [-0.05, 0) is 55.5 Å². The Morgan fingerprint density at radius 3 is 2.67 bits per heavy atom. The molecule has 1 aromatic carbocycles. The van der Waals surface area contributed by atoms with Gasteiger partial charge in [0.15, 0.2) is 0 Å². The summed E-state index contributed by atoms with van der Waals surface area (Å²) < 4.78 is 5.52. The largest absolute Gasteiger partial charge is 0.477 e. The molecule has 144 valence electrons. The number of aromatic carboxylic acids is 1. The molecular weight excluding hydrogens is 344 g/mol. The number of aromatic nitrogens is 1. The van der Waals surface area contributed by atoms with Crippen LogP contribution in [0.5, 0.6) is 0 Å². The summed E-state index contributed by atoms with van der Waals surface area (Å²) in [5.74, 6) is -1.21. The molecule has 1 saturated heterocycles. The highest BCUT2D eigenvalue weighted by Gasteiger charge is 2.29. The Labute approximate surface area is 158 Å². The maximum Gasteiger partial charge on any atom is 0.341 e. The first-order valence-corrected chi connectivity index (χ1v) is 9.35. The van der Waals surface area contributed by atoms with Crippen molar-refractivity contribution in [2.24, 2.45) is 0 Å². The molecule has 1 aliphatic rings. The molecule has 2 aromatic rings. The third kappa shape index (κ3) is 3.76. The summed E-state index contributed by atoms with van der Waals surface area (Å²) in [7, 11) is 1.74. The predicted octanol–water partition coefficient (Wildman–Crippen LogP) is 3.31. The number of carboxylic acids is 1. The van der Waals surface area contributed by atoms with E-state index in [1.165, 1.54) is 6.07 Å². The third-order valence-electron chi connectivity index (χ3n) is 5.43. The van der Waals surface area contributed by atoms with E-state index in [2.05, 4.69) is 28.9 Å². The SMILES string of the molecule is CCc1cc(C(=O)O)c(=O)[nH]c1-c1ccc(N2CCCC2C(C)OC)cc1. The lowest BCUT2D eigenvalue weighted by atomic mass is 10.0. The Morgan fingerprint density at radius 2 is 2.07 bits per heavy atom. The molecule has 2 heterocycles. The van der Waals surface area contributed by atoms with E-state index in [4.69, 9.17) is 9.84 Å². The second-order valence-electron chi connectivity index (χ2n) is 6.96. The Bertz CT molecular complexity index is 873. The standard InChI is InChI=1S/C21H26N2O4/c1-4-14-12-17(21(25)26)20(24)22-19(14)15-7-9-16(10-8-15)23-11-5-6-18(23)13(2)27-3/h7-10,12-13,18H,4-6,11H2,1-3H3,(H,22,24)(H,25,26). The molecule has 0 bridgehead atoms. The number of aryl methyl sites for hydroxylation is 1. The topological polar surface area (TPSA) is 82.6 Å². The first-order valence-electron chi connectivity index (χ1n) is 9.35. The highest BCUT2D eigenvalue weighted by Crippen LogP contribution is 2.30. The van der Waals surface area contributed by atoms with Gasteiger partial charge >= 0.3 is 5.97 Å². The number of benzene rings is 1. The van der Waals surface area contributed by atoms with E-state index >= 15 is 0 Å². The monoisotopic (exact) mass is 370 g/mol. The van der Waals surface area contributed by atoms with Gasteiger partial charge in [-0.25, -0.2) is 4.79 Å². The first-order chi connectivity index (χ1) is 13.0. The smallest absolute Gasteiger partial charge is 0.341 e. The molecule has 0 radical (unpaired) electrons. The van der Waals surface area contributed by atoms with Crippen molar-refractivity contribution in [3.8, 4) is 11.3 Å². The van der Waals surface area contributed by atoms with Crippen molar-refractivity contribution in [3.05, 3.63) is 51.8 Å². The van der Waals surface area contributed by atoms with Crippen molar-refractivity contribution < 1.29 is 14.6 Å². The molecule has 6 heteroatoms. The summed E-state index contributed by atoms with van der Waals surface area (Å²) in [6.45, 7) is 5.04. The lowest BCUT2D eigenvalue weighted by molar-refractivity contribution is 0.0695. The third-order valence-corrected chi connectivity index (χ3v) is 5.43. The molecular formula is C21H26N2O4. The number of carboxylic acid groups (broad SMARTS) is 1. The summed E-state index contributed by atoms with van der Waals surface area (Å²) in [4.78, 5) is 28.4. The van der Waals surface area contributed by atoms with E-state index in [-0.39, 0.29) is 11.7 Å². The molecule has 0 spiro atoms. The highest BCUT2D eigenvalue weighted by atomic mass is 16.5. The van der Waals surface area contributed by atoms with Crippen LogP contribution in [0.15, 0.2) is 35.1 Å². The Kier molecular flexibility index (Phi) is 5.65. The van der Waals surface area contributed by atoms with E-state index in [1.807, 2.05) is 19.1 Å². The van der Waals surface area contributed by atoms with Crippen LogP contribution in [0.3, 0.4) is 0 Å². The molecule has 0 aliphatic carbocycles. The van der Waals surface area contributed by atoms with Gasteiger partial charge in [0.1, 0.15) is 5.56 Å². The Morgan fingerprint density at radius 1 is 1.37 bits per heavy atom. The van der Waals surface area contributed by atoms with Gasteiger partial charge in [0.25, 0.3) is 5.56 Å². The summed E-state index contributed by atoms with van der Waals surface area (Å²) in [5.41, 5.74) is 2.70. The van der Waals surface area contributed by atoms with Gasteiger partial charge in [-0.15, -0.1) is 0 Å². The minimum atomic E-state index is -1.21. The minimum Gasteiger partial charge on any atom is -0.477 e. The molecule has 0 amide bonds. The average molecular weight is 370 g/mol. The average Bonchev–Trinajstić information content (AvgIpc) is 3.17. The minimum absolute atomic E-state index is 0.166. The normalized spacial score (nSPS) is 17.9. The van der Waals surface area contributed by atoms with Gasteiger partial charge in [0, 0.05) is 19.3 Å². The molecule has 0 saturated carbocycles. The fourth-order valence-electron chi connectivity index (χ4n) is 3.85. The van der Waals surface area contributed by atoms with E-state index in [1.54, 1.807) is 7.11 Å². The van der Waals surface area contributed by atoms with Crippen molar-refractivity contribution in [2.75, 3.05) is 18.6 Å². The number of ether oxygens (including phenoxy) is 1. The second-order valence-corrected chi connectivity index (χ2v) is 6.96. The maximum absolute atomic E-state index is 12.1. The van der Waals surface area contributed by atoms with E-state index < -0.39 is 11.5 Å². The number of anilines is 1. The number of hydrogen-bond acceptors (Lipinski definition) is 4. The summed E-state index contributed by atoms with van der Waals surface area (Å²) in [5, 5.41) is 9.16. The summed E-state index contributed by atoms with van der Waals surface area (Å²) >= 11 is 0. The molecule has 2 unspecified atom stereocenters. The lowest BCUT2D eigenvalue weighted by Crippen LogP contribution is -2.38. The molecule has 1 aromatic heterocycles. The van der Waals surface area contributed by atoms with Crippen LogP contribution in [0.2, 0.25) is 0 Å². The van der Waals surface area contributed by atoms with Gasteiger partial charge in [0.2, 0.25) is 0 Å². The number of nitrogens with one attached hydrogen (secondary N) is 1. The van der Waals surface area contributed by atoms with Crippen molar-refractivity contribution in [2.45, 2.75) is 45.3 Å². The van der Waals surface area contributed by atoms with E-state index in [0.29, 0.717) is 18.2 Å². The van der Waals surface area contributed by atoms with Gasteiger partial charge in [-0.3, -0.25) is 4.79 Å². The fourth-order valence-corrected chi connectivity index (χ4v) is 3.85. The summed E-state index contributed by atoms with van der Waals surface area (Å²) in [6, 6.07) is 9.90. The molecule has 6 nitrogen and oxygen atoms in total.